The number of hydrogen-bond donors (Lipinski definition) is 1. The van der Waals surface area contributed by atoms with Crippen LogP contribution in [0.5, 0.6) is 0 Å². The number of likely N-dealkylation sites (tertiary alicyclic amines) is 1. The minimum absolute atomic E-state index is 0.307. The normalized spacial score (nSPS) is 26.6. The molecule has 0 amide bonds. The second-order valence-corrected chi connectivity index (χ2v) is 7.03. The molecule has 0 aromatic carbocycles. The summed E-state index contributed by atoms with van der Waals surface area (Å²) in [6.45, 7) is 5.69. The monoisotopic (exact) mass is 278 g/mol. The molecule has 2 rings (SSSR count). The Labute approximate surface area is 124 Å². The van der Waals surface area contributed by atoms with Gasteiger partial charge in [-0.2, -0.15) is 5.26 Å². The van der Waals surface area contributed by atoms with Crippen LogP contribution in [0.2, 0.25) is 0 Å². The van der Waals surface area contributed by atoms with Gasteiger partial charge in [-0.3, -0.25) is 5.32 Å². The summed E-state index contributed by atoms with van der Waals surface area (Å²) in [4.78, 5) is 4.91. The zero-order valence-corrected chi connectivity index (χ0v) is 13.4. The first-order valence-corrected chi connectivity index (χ1v) is 8.10. The Kier molecular flexibility index (Phi) is 5.42. The van der Waals surface area contributed by atoms with Crippen molar-refractivity contribution in [2.75, 3.05) is 33.7 Å². The number of nitrogens with one attached hydrogen (secondary N) is 1. The molecule has 0 radical (unpaired) electrons. The molecule has 4 heteroatoms. The third-order valence-electron chi connectivity index (χ3n) is 4.73. The number of nitrogens with zero attached hydrogens (tertiary/aromatic N) is 3. The van der Waals surface area contributed by atoms with E-state index in [1.54, 1.807) is 0 Å². The molecule has 4 nitrogen and oxygen atoms in total. The van der Waals surface area contributed by atoms with Gasteiger partial charge in [-0.15, -0.1) is 0 Å². The minimum atomic E-state index is -0.307. The highest BCUT2D eigenvalue weighted by Gasteiger charge is 2.32. The number of nitriles is 1. The summed E-state index contributed by atoms with van der Waals surface area (Å²) in [7, 11) is 4.35. The predicted molar refractivity (Wildman–Crippen MR) is 82.6 cm³/mol. The van der Waals surface area contributed by atoms with Gasteiger partial charge in [-0.05, 0) is 72.6 Å². The van der Waals surface area contributed by atoms with E-state index in [1.165, 1.54) is 45.3 Å². The SMILES string of the molecule is CN(C)C1CCN(CCCCC(C)(C#N)NC2CC2)C1. The van der Waals surface area contributed by atoms with E-state index in [9.17, 15) is 5.26 Å². The number of rotatable bonds is 8. The maximum Gasteiger partial charge on any atom is 0.104 e. The highest BCUT2D eigenvalue weighted by atomic mass is 15.2. The summed E-state index contributed by atoms with van der Waals surface area (Å²) in [5.41, 5.74) is -0.307. The Morgan fingerprint density at radius 3 is 2.60 bits per heavy atom. The van der Waals surface area contributed by atoms with E-state index >= 15 is 0 Å². The van der Waals surface area contributed by atoms with E-state index in [4.69, 9.17) is 0 Å². The van der Waals surface area contributed by atoms with Crippen molar-refractivity contribution < 1.29 is 0 Å². The average Bonchev–Trinajstić information content (AvgIpc) is 3.08. The summed E-state index contributed by atoms with van der Waals surface area (Å²) in [6, 6.07) is 3.81. The molecule has 1 saturated carbocycles. The van der Waals surface area contributed by atoms with Crippen molar-refractivity contribution in [2.24, 2.45) is 0 Å². The molecule has 0 bridgehead atoms. The standard InChI is InChI=1S/C16H30N4/c1-16(13-17,18-14-6-7-14)9-4-5-10-20-11-8-15(12-20)19(2)3/h14-15,18H,4-12H2,1-3H3. The van der Waals surface area contributed by atoms with Crippen LogP contribution >= 0.6 is 0 Å². The third-order valence-corrected chi connectivity index (χ3v) is 4.73. The minimum Gasteiger partial charge on any atom is -0.305 e. The lowest BCUT2D eigenvalue weighted by Gasteiger charge is -2.24. The zero-order chi connectivity index (χ0) is 14.6. The molecule has 0 spiro atoms. The van der Waals surface area contributed by atoms with Gasteiger partial charge in [-0.25, -0.2) is 0 Å². The molecule has 2 unspecified atom stereocenters. The van der Waals surface area contributed by atoms with Crippen LogP contribution in [0, 0.1) is 11.3 Å². The van der Waals surface area contributed by atoms with Crippen molar-refractivity contribution >= 4 is 0 Å². The van der Waals surface area contributed by atoms with Crippen LogP contribution < -0.4 is 5.32 Å². The van der Waals surface area contributed by atoms with Gasteiger partial charge in [0.2, 0.25) is 0 Å². The topological polar surface area (TPSA) is 42.3 Å². The Morgan fingerprint density at radius 2 is 2.05 bits per heavy atom. The van der Waals surface area contributed by atoms with Gasteiger partial charge in [-0.1, -0.05) is 0 Å². The van der Waals surface area contributed by atoms with Gasteiger partial charge in [0.05, 0.1) is 6.07 Å². The van der Waals surface area contributed by atoms with Crippen LogP contribution in [0.3, 0.4) is 0 Å². The van der Waals surface area contributed by atoms with E-state index in [2.05, 4.69) is 42.2 Å². The molecular formula is C16H30N4. The third kappa shape index (κ3) is 4.73. The quantitative estimate of drug-likeness (QED) is 0.688. The van der Waals surface area contributed by atoms with E-state index in [1.807, 2.05) is 0 Å². The Bertz CT molecular complexity index is 345. The number of unbranched alkanes of at least 4 members (excludes halogenated alkanes) is 1. The first-order valence-electron chi connectivity index (χ1n) is 8.10. The summed E-state index contributed by atoms with van der Waals surface area (Å²) in [5.74, 6) is 0. The lowest BCUT2D eigenvalue weighted by Crippen LogP contribution is -2.42. The lowest BCUT2D eigenvalue weighted by molar-refractivity contribution is 0.263. The fourth-order valence-corrected chi connectivity index (χ4v) is 3.09. The smallest absolute Gasteiger partial charge is 0.104 e. The van der Waals surface area contributed by atoms with E-state index in [-0.39, 0.29) is 5.54 Å². The predicted octanol–water partition coefficient (Wildman–Crippen LogP) is 1.83. The van der Waals surface area contributed by atoms with Gasteiger partial charge < -0.3 is 9.80 Å². The highest BCUT2D eigenvalue weighted by molar-refractivity contribution is 5.06. The molecule has 0 aromatic heterocycles. The van der Waals surface area contributed by atoms with Crippen LogP contribution in [0.25, 0.3) is 0 Å². The molecule has 1 heterocycles. The van der Waals surface area contributed by atoms with Crippen LogP contribution in [0.4, 0.5) is 0 Å². The number of hydrogen-bond acceptors (Lipinski definition) is 4. The number of likely N-dealkylation sites (N-methyl/N-ethyl adjacent to an activating group) is 1. The van der Waals surface area contributed by atoms with Crippen molar-refractivity contribution in [1.82, 2.24) is 15.1 Å². The summed E-state index contributed by atoms with van der Waals surface area (Å²) in [5, 5.41) is 12.8. The van der Waals surface area contributed by atoms with Crippen LogP contribution in [0.1, 0.15) is 45.4 Å². The van der Waals surface area contributed by atoms with Crippen molar-refractivity contribution in [3.8, 4) is 6.07 Å². The van der Waals surface area contributed by atoms with E-state index in [0.717, 1.165) is 18.9 Å². The fraction of sp³-hybridized carbons (Fsp3) is 0.938. The lowest BCUT2D eigenvalue weighted by atomic mass is 9.96. The highest BCUT2D eigenvalue weighted by Crippen LogP contribution is 2.25. The molecule has 114 valence electrons. The average molecular weight is 278 g/mol. The molecule has 2 fully saturated rings. The zero-order valence-electron chi connectivity index (χ0n) is 13.4. The largest absolute Gasteiger partial charge is 0.305 e. The molecule has 1 saturated heterocycles. The van der Waals surface area contributed by atoms with Gasteiger partial charge >= 0.3 is 0 Å². The molecule has 1 N–H and O–H groups in total. The fourth-order valence-electron chi connectivity index (χ4n) is 3.09. The molecule has 20 heavy (non-hydrogen) atoms. The van der Waals surface area contributed by atoms with Gasteiger partial charge in [0.15, 0.2) is 0 Å². The first-order chi connectivity index (χ1) is 9.52. The maximum absolute atomic E-state index is 9.34. The molecular weight excluding hydrogens is 248 g/mol. The first kappa shape index (κ1) is 15.8. The molecule has 0 aromatic rings. The van der Waals surface area contributed by atoms with Crippen molar-refractivity contribution in [1.29, 1.82) is 5.26 Å². The van der Waals surface area contributed by atoms with E-state index in [0.29, 0.717) is 6.04 Å². The molecule has 1 aliphatic carbocycles. The van der Waals surface area contributed by atoms with Crippen molar-refractivity contribution in [3.63, 3.8) is 0 Å². The summed E-state index contributed by atoms with van der Waals surface area (Å²) in [6.07, 6.45) is 7.13. The van der Waals surface area contributed by atoms with Crippen LogP contribution in [0.15, 0.2) is 0 Å². The summed E-state index contributed by atoms with van der Waals surface area (Å²) >= 11 is 0. The maximum atomic E-state index is 9.34. The molecule has 2 aliphatic rings. The second kappa shape index (κ2) is 6.89. The van der Waals surface area contributed by atoms with Crippen LogP contribution in [-0.4, -0.2) is 61.2 Å². The summed E-state index contributed by atoms with van der Waals surface area (Å²) < 4.78 is 0. The Morgan fingerprint density at radius 1 is 1.30 bits per heavy atom. The second-order valence-electron chi connectivity index (χ2n) is 7.03. The Balaban J connectivity index is 1.60. The molecule has 2 atom stereocenters. The Hall–Kier alpha value is -0.630. The van der Waals surface area contributed by atoms with Gasteiger partial charge in [0.25, 0.3) is 0 Å². The van der Waals surface area contributed by atoms with Gasteiger partial charge in [0.1, 0.15) is 5.54 Å². The van der Waals surface area contributed by atoms with Crippen molar-refractivity contribution in [2.45, 2.75) is 63.1 Å². The van der Waals surface area contributed by atoms with Crippen LogP contribution in [-0.2, 0) is 0 Å². The van der Waals surface area contributed by atoms with Crippen molar-refractivity contribution in [3.05, 3.63) is 0 Å². The van der Waals surface area contributed by atoms with Gasteiger partial charge in [0, 0.05) is 18.6 Å². The van der Waals surface area contributed by atoms with E-state index < -0.39 is 0 Å². The molecule has 1 aliphatic heterocycles.